The zero-order chi connectivity index (χ0) is 13.8. The summed E-state index contributed by atoms with van der Waals surface area (Å²) in [5.74, 6) is -0.253. The van der Waals surface area contributed by atoms with E-state index < -0.39 is 0 Å². The number of hydrogen-bond donors (Lipinski definition) is 0. The van der Waals surface area contributed by atoms with E-state index in [0.29, 0.717) is 6.61 Å². The minimum Gasteiger partial charge on any atom is -0.465 e. The van der Waals surface area contributed by atoms with Crippen LogP contribution in [0.1, 0.15) is 50.1 Å². The molecule has 1 aromatic rings. The Labute approximate surface area is 118 Å². The van der Waals surface area contributed by atoms with Crippen molar-refractivity contribution in [1.82, 2.24) is 4.98 Å². The standard InChI is InChI=1S/C14H22N2O2S/c1-4-9-16(5-2)14-15-12-10(13(17)18-6-3)7-8-11(12)19-14/h10H,4-9H2,1-3H3. The van der Waals surface area contributed by atoms with Crippen molar-refractivity contribution in [2.45, 2.75) is 46.0 Å². The lowest BCUT2D eigenvalue weighted by atomic mass is 10.1. The molecule has 2 rings (SSSR count). The predicted octanol–water partition coefficient (Wildman–Crippen LogP) is 2.97. The number of rotatable bonds is 6. The highest BCUT2D eigenvalue weighted by Crippen LogP contribution is 2.40. The first-order chi connectivity index (χ1) is 9.21. The summed E-state index contributed by atoms with van der Waals surface area (Å²) in [5.41, 5.74) is 0.966. The molecule has 1 aliphatic carbocycles. The molecule has 1 aliphatic rings. The van der Waals surface area contributed by atoms with Crippen molar-refractivity contribution in [1.29, 1.82) is 0 Å². The molecule has 106 valence electrons. The number of nitrogens with zero attached hydrogens (tertiary/aromatic N) is 2. The molecule has 0 radical (unpaired) electrons. The third-order valence-corrected chi connectivity index (χ3v) is 4.62. The molecule has 1 atom stereocenters. The minimum atomic E-state index is -0.139. The molecule has 0 N–H and O–H groups in total. The van der Waals surface area contributed by atoms with Crippen molar-refractivity contribution >= 4 is 22.4 Å². The van der Waals surface area contributed by atoms with Crippen LogP contribution >= 0.6 is 11.3 Å². The molecule has 0 spiro atoms. The molecule has 1 unspecified atom stereocenters. The number of aryl methyl sites for hydroxylation is 1. The molecule has 1 heterocycles. The second-order valence-corrected chi connectivity index (χ2v) is 5.79. The highest BCUT2D eigenvalue weighted by Gasteiger charge is 2.34. The highest BCUT2D eigenvalue weighted by molar-refractivity contribution is 7.15. The van der Waals surface area contributed by atoms with Gasteiger partial charge in [-0.15, -0.1) is 11.3 Å². The van der Waals surface area contributed by atoms with Crippen LogP contribution in [0.3, 0.4) is 0 Å². The zero-order valence-corrected chi connectivity index (χ0v) is 12.8. The van der Waals surface area contributed by atoms with Crippen molar-refractivity contribution in [3.05, 3.63) is 10.6 Å². The van der Waals surface area contributed by atoms with Crippen molar-refractivity contribution < 1.29 is 9.53 Å². The maximum atomic E-state index is 11.9. The summed E-state index contributed by atoms with van der Waals surface area (Å²) in [5, 5.41) is 1.06. The molecule has 0 saturated carbocycles. The molecule has 0 fully saturated rings. The Morgan fingerprint density at radius 2 is 2.26 bits per heavy atom. The average molecular weight is 282 g/mol. The third-order valence-electron chi connectivity index (χ3n) is 3.42. The fraction of sp³-hybridized carbons (Fsp3) is 0.714. The molecule has 0 aliphatic heterocycles. The Morgan fingerprint density at radius 1 is 1.47 bits per heavy atom. The Morgan fingerprint density at radius 3 is 2.89 bits per heavy atom. The van der Waals surface area contributed by atoms with E-state index in [1.165, 1.54) is 4.88 Å². The first-order valence-corrected chi connectivity index (χ1v) is 7.94. The fourth-order valence-corrected chi connectivity index (χ4v) is 3.71. The number of thiazole rings is 1. The molecule has 0 aromatic carbocycles. The Hall–Kier alpha value is -1.10. The number of ether oxygens (including phenoxy) is 1. The predicted molar refractivity (Wildman–Crippen MR) is 78.0 cm³/mol. The van der Waals surface area contributed by atoms with Gasteiger partial charge in [0.1, 0.15) is 5.92 Å². The summed E-state index contributed by atoms with van der Waals surface area (Å²) >= 11 is 1.74. The van der Waals surface area contributed by atoms with E-state index in [4.69, 9.17) is 9.72 Å². The van der Waals surface area contributed by atoms with E-state index in [1.807, 2.05) is 6.92 Å². The van der Waals surface area contributed by atoms with Crippen LogP contribution in [-0.4, -0.2) is 30.6 Å². The number of hydrogen-bond acceptors (Lipinski definition) is 5. The van der Waals surface area contributed by atoms with Gasteiger partial charge in [0.2, 0.25) is 0 Å². The SMILES string of the molecule is CCCN(CC)c1nc2c(s1)CCC2C(=O)OCC. The highest BCUT2D eigenvalue weighted by atomic mass is 32.1. The van der Waals surface area contributed by atoms with Crippen LogP contribution < -0.4 is 4.90 Å². The molecule has 4 nitrogen and oxygen atoms in total. The van der Waals surface area contributed by atoms with E-state index in [2.05, 4.69) is 18.7 Å². The van der Waals surface area contributed by atoms with Gasteiger partial charge in [-0.25, -0.2) is 4.98 Å². The van der Waals surface area contributed by atoms with Crippen molar-refractivity contribution in [2.24, 2.45) is 0 Å². The summed E-state index contributed by atoms with van der Waals surface area (Å²) in [6.07, 6.45) is 2.92. The zero-order valence-electron chi connectivity index (χ0n) is 11.9. The van der Waals surface area contributed by atoms with Gasteiger partial charge in [-0.3, -0.25) is 4.79 Å². The number of esters is 1. The van der Waals surface area contributed by atoms with Crippen LogP contribution in [0.4, 0.5) is 5.13 Å². The second-order valence-electron chi connectivity index (χ2n) is 4.73. The molecule has 0 saturated heterocycles. The van der Waals surface area contributed by atoms with Gasteiger partial charge >= 0.3 is 5.97 Å². The van der Waals surface area contributed by atoms with Crippen molar-refractivity contribution in [3.8, 4) is 0 Å². The lowest BCUT2D eigenvalue weighted by molar-refractivity contribution is -0.145. The van der Waals surface area contributed by atoms with Gasteiger partial charge in [-0.2, -0.15) is 0 Å². The molecule has 19 heavy (non-hydrogen) atoms. The minimum absolute atomic E-state index is 0.114. The number of aromatic nitrogens is 1. The van der Waals surface area contributed by atoms with E-state index in [-0.39, 0.29) is 11.9 Å². The monoisotopic (exact) mass is 282 g/mol. The van der Waals surface area contributed by atoms with Crippen LogP contribution in [-0.2, 0) is 16.0 Å². The van der Waals surface area contributed by atoms with Crippen molar-refractivity contribution in [2.75, 3.05) is 24.6 Å². The van der Waals surface area contributed by atoms with Crippen LogP contribution in [0.25, 0.3) is 0 Å². The summed E-state index contributed by atoms with van der Waals surface area (Å²) < 4.78 is 5.14. The molecule has 1 aromatic heterocycles. The first-order valence-electron chi connectivity index (χ1n) is 7.12. The van der Waals surface area contributed by atoms with Crippen LogP contribution in [0.2, 0.25) is 0 Å². The second kappa shape index (κ2) is 6.37. The Bertz CT molecular complexity index is 445. The van der Waals surface area contributed by atoms with E-state index in [0.717, 1.165) is 43.2 Å². The summed E-state index contributed by atoms with van der Waals surface area (Å²) in [6.45, 7) is 8.59. The lowest BCUT2D eigenvalue weighted by Gasteiger charge is -2.18. The van der Waals surface area contributed by atoms with E-state index >= 15 is 0 Å². The average Bonchev–Trinajstić information content (AvgIpc) is 2.95. The van der Waals surface area contributed by atoms with Gasteiger partial charge in [-0.05, 0) is 33.1 Å². The summed E-state index contributed by atoms with van der Waals surface area (Å²) in [4.78, 5) is 20.2. The van der Waals surface area contributed by atoms with E-state index in [1.54, 1.807) is 11.3 Å². The number of fused-ring (bicyclic) bond motifs is 1. The normalized spacial score (nSPS) is 17.3. The molecule has 5 heteroatoms. The van der Waals surface area contributed by atoms with Crippen molar-refractivity contribution in [3.63, 3.8) is 0 Å². The smallest absolute Gasteiger partial charge is 0.315 e. The van der Waals surface area contributed by atoms with Gasteiger partial charge in [0.05, 0.1) is 12.3 Å². The van der Waals surface area contributed by atoms with Crippen LogP contribution in [0, 0.1) is 0 Å². The summed E-state index contributed by atoms with van der Waals surface area (Å²) in [7, 11) is 0. The molecular weight excluding hydrogens is 260 g/mol. The van der Waals surface area contributed by atoms with Gasteiger partial charge < -0.3 is 9.64 Å². The number of carbonyl (C=O) groups excluding carboxylic acids is 1. The maximum absolute atomic E-state index is 11.9. The van der Waals surface area contributed by atoms with Gasteiger partial charge in [0.25, 0.3) is 0 Å². The quantitative estimate of drug-likeness (QED) is 0.752. The van der Waals surface area contributed by atoms with Crippen LogP contribution in [0.5, 0.6) is 0 Å². The first kappa shape index (κ1) is 14.3. The van der Waals surface area contributed by atoms with Gasteiger partial charge in [0, 0.05) is 18.0 Å². The van der Waals surface area contributed by atoms with E-state index in [9.17, 15) is 4.79 Å². The largest absolute Gasteiger partial charge is 0.465 e. The Balaban J connectivity index is 2.17. The third kappa shape index (κ3) is 2.91. The number of anilines is 1. The maximum Gasteiger partial charge on any atom is 0.315 e. The molecular formula is C14H22N2O2S. The molecule has 0 amide bonds. The van der Waals surface area contributed by atoms with Gasteiger partial charge in [0.15, 0.2) is 5.13 Å². The topological polar surface area (TPSA) is 42.4 Å². The summed E-state index contributed by atoms with van der Waals surface area (Å²) in [6, 6.07) is 0. The lowest BCUT2D eigenvalue weighted by Crippen LogP contribution is -2.23. The van der Waals surface area contributed by atoms with Crippen LogP contribution in [0.15, 0.2) is 0 Å². The Kier molecular flexibility index (Phi) is 4.80. The number of carbonyl (C=O) groups is 1. The fourth-order valence-electron chi connectivity index (χ4n) is 2.48. The molecule has 0 bridgehead atoms. The van der Waals surface area contributed by atoms with Gasteiger partial charge in [-0.1, -0.05) is 6.92 Å².